The maximum absolute atomic E-state index is 11.9. The fourth-order valence-electron chi connectivity index (χ4n) is 2.25. The summed E-state index contributed by atoms with van der Waals surface area (Å²) < 4.78 is 0. The van der Waals surface area contributed by atoms with Crippen molar-refractivity contribution in [1.82, 2.24) is 15.5 Å². The molecule has 5 heteroatoms. The molecule has 0 aromatic heterocycles. The van der Waals surface area contributed by atoms with E-state index in [1.165, 1.54) is 19.3 Å². The Morgan fingerprint density at radius 1 is 1.11 bits per heavy atom. The van der Waals surface area contributed by atoms with Gasteiger partial charge in [0.15, 0.2) is 0 Å². The molecule has 0 spiro atoms. The van der Waals surface area contributed by atoms with Gasteiger partial charge in [0, 0.05) is 6.54 Å². The zero-order valence-electron chi connectivity index (χ0n) is 11.5. The topological polar surface area (TPSA) is 61.4 Å². The molecule has 1 fully saturated rings. The van der Waals surface area contributed by atoms with Crippen molar-refractivity contribution in [2.24, 2.45) is 0 Å². The lowest BCUT2D eigenvalue weighted by Gasteiger charge is -2.29. The van der Waals surface area contributed by atoms with Gasteiger partial charge in [0.1, 0.15) is 0 Å². The third kappa shape index (κ3) is 5.04. The molecule has 0 aromatic rings. The van der Waals surface area contributed by atoms with Crippen molar-refractivity contribution in [3.05, 3.63) is 0 Å². The molecular weight excluding hydrogens is 230 g/mol. The third-order valence-corrected chi connectivity index (χ3v) is 3.39. The zero-order chi connectivity index (χ0) is 13.4. The monoisotopic (exact) mass is 255 g/mol. The molecule has 3 amide bonds. The summed E-state index contributed by atoms with van der Waals surface area (Å²) in [5.41, 5.74) is 0. The predicted molar refractivity (Wildman–Crippen MR) is 71.3 cm³/mol. The van der Waals surface area contributed by atoms with E-state index in [2.05, 4.69) is 15.5 Å². The van der Waals surface area contributed by atoms with Crippen molar-refractivity contribution < 1.29 is 9.59 Å². The van der Waals surface area contributed by atoms with Crippen molar-refractivity contribution in [3.63, 3.8) is 0 Å². The first-order valence-corrected chi connectivity index (χ1v) is 6.98. The van der Waals surface area contributed by atoms with Crippen LogP contribution in [0, 0.1) is 0 Å². The highest BCUT2D eigenvalue weighted by atomic mass is 16.2. The molecule has 1 atom stereocenters. The minimum atomic E-state index is -0.401. The fourth-order valence-corrected chi connectivity index (χ4v) is 2.25. The summed E-state index contributed by atoms with van der Waals surface area (Å²) in [6.45, 7) is 6.12. The van der Waals surface area contributed by atoms with Crippen LogP contribution in [0.2, 0.25) is 0 Å². The van der Waals surface area contributed by atoms with Crippen molar-refractivity contribution in [3.8, 4) is 0 Å². The largest absolute Gasteiger partial charge is 0.338 e. The highest BCUT2D eigenvalue weighted by molar-refractivity contribution is 5.96. The Morgan fingerprint density at radius 2 is 1.67 bits per heavy atom. The van der Waals surface area contributed by atoms with E-state index >= 15 is 0 Å². The Morgan fingerprint density at radius 3 is 2.22 bits per heavy atom. The predicted octanol–water partition coefficient (Wildman–Crippen LogP) is 1.49. The van der Waals surface area contributed by atoms with Crippen molar-refractivity contribution in [1.29, 1.82) is 0 Å². The number of carbonyl (C=O) groups is 2. The van der Waals surface area contributed by atoms with Gasteiger partial charge < -0.3 is 5.32 Å². The number of likely N-dealkylation sites (tertiary alicyclic amines) is 1. The lowest BCUT2D eigenvalue weighted by Crippen LogP contribution is -2.50. The van der Waals surface area contributed by atoms with Gasteiger partial charge in [-0.2, -0.15) is 0 Å². The van der Waals surface area contributed by atoms with Crippen LogP contribution >= 0.6 is 0 Å². The summed E-state index contributed by atoms with van der Waals surface area (Å²) in [5.74, 6) is -0.207. The lowest BCUT2D eigenvalue weighted by molar-refractivity contribution is -0.124. The number of nitrogens with zero attached hydrogens (tertiary/aromatic N) is 1. The minimum Gasteiger partial charge on any atom is -0.338 e. The Hall–Kier alpha value is -1.10. The van der Waals surface area contributed by atoms with Gasteiger partial charge in [-0.15, -0.1) is 0 Å². The summed E-state index contributed by atoms with van der Waals surface area (Å²) in [7, 11) is 0. The van der Waals surface area contributed by atoms with Gasteiger partial charge in [0.2, 0.25) is 5.91 Å². The summed E-state index contributed by atoms with van der Waals surface area (Å²) in [6, 6.07) is -0.632. The van der Waals surface area contributed by atoms with Gasteiger partial charge in [-0.3, -0.25) is 15.0 Å². The number of amides is 3. The van der Waals surface area contributed by atoms with E-state index in [4.69, 9.17) is 0 Å². The van der Waals surface area contributed by atoms with Crippen LogP contribution in [0.3, 0.4) is 0 Å². The molecule has 1 aliphatic rings. The molecule has 0 unspecified atom stereocenters. The summed E-state index contributed by atoms with van der Waals surface area (Å²) >= 11 is 0. The van der Waals surface area contributed by atoms with Crippen LogP contribution in [-0.4, -0.2) is 42.5 Å². The molecular formula is C13H25N3O2. The van der Waals surface area contributed by atoms with Crippen LogP contribution in [0.1, 0.15) is 46.0 Å². The van der Waals surface area contributed by atoms with Gasteiger partial charge in [-0.05, 0) is 39.8 Å². The zero-order valence-corrected chi connectivity index (χ0v) is 11.5. The second-order valence-corrected chi connectivity index (χ2v) is 4.83. The minimum absolute atomic E-state index is 0.207. The van der Waals surface area contributed by atoms with Crippen molar-refractivity contribution >= 4 is 11.9 Å². The molecule has 0 aliphatic carbocycles. The van der Waals surface area contributed by atoms with Crippen molar-refractivity contribution in [2.75, 3.05) is 19.6 Å². The van der Waals surface area contributed by atoms with Crippen LogP contribution in [0.5, 0.6) is 0 Å². The summed E-state index contributed by atoms with van der Waals surface area (Å²) in [6.07, 6.45) is 6.05. The molecule has 1 aliphatic heterocycles. The highest BCUT2D eigenvalue weighted by Gasteiger charge is 2.22. The van der Waals surface area contributed by atoms with E-state index in [-0.39, 0.29) is 11.9 Å². The maximum atomic E-state index is 11.9. The maximum Gasteiger partial charge on any atom is 0.321 e. The number of nitrogens with one attached hydrogen (secondary N) is 2. The average molecular weight is 255 g/mol. The molecule has 5 nitrogen and oxygen atoms in total. The molecule has 2 N–H and O–H groups in total. The van der Waals surface area contributed by atoms with Gasteiger partial charge in [-0.1, -0.05) is 19.3 Å². The van der Waals surface area contributed by atoms with Crippen LogP contribution in [0.4, 0.5) is 4.79 Å². The summed E-state index contributed by atoms with van der Waals surface area (Å²) in [5, 5.41) is 4.95. The normalized spacial score (nSPS) is 19.4. The Kier molecular flexibility index (Phi) is 6.72. The van der Waals surface area contributed by atoms with Crippen LogP contribution in [-0.2, 0) is 4.79 Å². The molecule has 0 radical (unpaired) electrons. The first kappa shape index (κ1) is 15.0. The van der Waals surface area contributed by atoms with E-state index in [0.717, 1.165) is 25.9 Å². The number of imide groups is 1. The number of rotatable bonds is 3. The fraction of sp³-hybridized carbons (Fsp3) is 0.846. The van der Waals surface area contributed by atoms with Gasteiger partial charge >= 0.3 is 6.03 Å². The summed E-state index contributed by atoms with van der Waals surface area (Å²) in [4.78, 5) is 25.4. The molecule has 0 bridgehead atoms. The molecule has 1 saturated heterocycles. The second-order valence-electron chi connectivity index (χ2n) is 4.83. The first-order valence-electron chi connectivity index (χ1n) is 6.98. The molecule has 18 heavy (non-hydrogen) atoms. The van der Waals surface area contributed by atoms with E-state index in [1.54, 1.807) is 0 Å². The van der Waals surface area contributed by atoms with E-state index in [9.17, 15) is 9.59 Å². The van der Waals surface area contributed by atoms with Crippen LogP contribution < -0.4 is 10.6 Å². The first-order chi connectivity index (χ1) is 8.65. The molecule has 1 heterocycles. The van der Waals surface area contributed by atoms with Crippen LogP contribution in [0.25, 0.3) is 0 Å². The lowest BCUT2D eigenvalue weighted by atomic mass is 10.1. The number of hydrogen-bond donors (Lipinski definition) is 2. The number of urea groups is 1. The Labute approximate surface area is 109 Å². The SMILES string of the molecule is CCNC(=O)NC(=O)[C@H](C)N1CCCCCCC1. The average Bonchev–Trinajstić information content (AvgIpc) is 2.27. The number of carbonyl (C=O) groups excluding carboxylic acids is 2. The molecule has 104 valence electrons. The highest BCUT2D eigenvalue weighted by Crippen LogP contribution is 2.12. The third-order valence-electron chi connectivity index (χ3n) is 3.39. The number of hydrogen-bond acceptors (Lipinski definition) is 3. The molecule has 0 aromatic carbocycles. The van der Waals surface area contributed by atoms with E-state index in [0.29, 0.717) is 6.54 Å². The Balaban J connectivity index is 2.42. The van der Waals surface area contributed by atoms with Gasteiger partial charge in [-0.25, -0.2) is 4.79 Å². The van der Waals surface area contributed by atoms with Gasteiger partial charge in [0.05, 0.1) is 6.04 Å². The smallest absolute Gasteiger partial charge is 0.321 e. The van der Waals surface area contributed by atoms with E-state index < -0.39 is 6.03 Å². The molecule has 1 rings (SSSR count). The second kappa shape index (κ2) is 8.08. The quantitative estimate of drug-likeness (QED) is 0.803. The van der Waals surface area contributed by atoms with Crippen LogP contribution in [0.15, 0.2) is 0 Å². The van der Waals surface area contributed by atoms with Gasteiger partial charge in [0.25, 0.3) is 0 Å². The van der Waals surface area contributed by atoms with E-state index in [1.807, 2.05) is 13.8 Å². The Bertz CT molecular complexity index is 273. The van der Waals surface area contributed by atoms with Crippen molar-refractivity contribution in [2.45, 2.75) is 52.0 Å². The standard InChI is InChI=1S/C13H25N3O2/c1-3-14-13(18)15-12(17)11(2)16-9-7-5-4-6-8-10-16/h11H,3-10H2,1-2H3,(H2,14,15,17,18)/t11-/m0/s1. The molecule has 0 saturated carbocycles.